The maximum absolute atomic E-state index is 12.5. The Hall–Kier alpha value is -1.27. The Kier molecular flexibility index (Phi) is 6.37. The molecule has 1 aromatic heterocycles. The number of nitrogens with zero attached hydrogens (tertiary/aromatic N) is 3. The topological polar surface area (TPSA) is 48.5 Å². The molecule has 1 saturated carbocycles. The minimum atomic E-state index is 0.130. The Morgan fingerprint density at radius 2 is 2.00 bits per heavy atom. The Bertz CT molecular complexity index is 519. The number of pyridine rings is 1. The van der Waals surface area contributed by atoms with Crippen molar-refractivity contribution in [3.8, 4) is 0 Å². The lowest BCUT2D eigenvalue weighted by Gasteiger charge is -2.35. The highest BCUT2D eigenvalue weighted by atomic mass is 32.2. The van der Waals surface area contributed by atoms with Gasteiger partial charge < -0.3 is 10.2 Å². The fourth-order valence-corrected chi connectivity index (χ4v) is 4.72. The first-order chi connectivity index (χ1) is 11.7. The zero-order valence-electron chi connectivity index (χ0n) is 14.5. The first-order valence-electron chi connectivity index (χ1n) is 9.03. The maximum Gasteiger partial charge on any atom is 0.317 e. The van der Waals surface area contributed by atoms with Gasteiger partial charge in [-0.05, 0) is 42.7 Å². The van der Waals surface area contributed by atoms with Crippen LogP contribution in [0.2, 0.25) is 0 Å². The molecule has 1 aromatic rings. The van der Waals surface area contributed by atoms with Crippen LogP contribution in [0.4, 0.5) is 4.79 Å². The number of piperazine rings is 1. The predicted octanol–water partition coefficient (Wildman–Crippen LogP) is 2.58. The third-order valence-electron chi connectivity index (χ3n) is 4.93. The van der Waals surface area contributed by atoms with Crippen LogP contribution in [0.25, 0.3) is 0 Å². The molecule has 2 heterocycles. The van der Waals surface area contributed by atoms with Crippen LogP contribution in [0.5, 0.6) is 0 Å². The summed E-state index contributed by atoms with van der Waals surface area (Å²) in [5.41, 5.74) is 1.29. The number of urea groups is 1. The van der Waals surface area contributed by atoms with Gasteiger partial charge in [-0.1, -0.05) is 6.92 Å². The van der Waals surface area contributed by atoms with Crippen LogP contribution in [0.3, 0.4) is 0 Å². The number of nitrogens with one attached hydrogen (secondary N) is 1. The van der Waals surface area contributed by atoms with Crippen LogP contribution in [0.15, 0.2) is 24.5 Å². The molecule has 3 rings (SSSR count). The van der Waals surface area contributed by atoms with Crippen LogP contribution < -0.4 is 5.32 Å². The fourth-order valence-electron chi connectivity index (χ4n) is 3.58. The number of rotatable bonds is 5. The van der Waals surface area contributed by atoms with Crippen molar-refractivity contribution in [3.05, 3.63) is 30.1 Å². The summed E-state index contributed by atoms with van der Waals surface area (Å²) < 4.78 is 0. The van der Waals surface area contributed by atoms with Gasteiger partial charge in [0.05, 0.1) is 0 Å². The van der Waals surface area contributed by atoms with Crippen molar-refractivity contribution in [1.82, 2.24) is 20.1 Å². The smallest absolute Gasteiger partial charge is 0.317 e. The van der Waals surface area contributed by atoms with Crippen LogP contribution in [-0.2, 0) is 6.54 Å². The molecule has 0 spiro atoms. The predicted molar refractivity (Wildman–Crippen MR) is 99.2 cm³/mol. The highest BCUT2D eigenvalue weighted by Crippen LogP contribution is 2.29. The van der Waals surface area contributed by atoms with Crippen molar-refractivity contribution in [2.45, 2.75) is 44.0 Å². The van der Waals surface area contributed by atoms with Crippen molar-refractivity contribution in [2.75, 3.05) is 31.9 Å². The molecule has 0 bridgehead atoms. The van der Waals surface area contributed by atoms with Gasteiger partial charge in [0.1, 0.15) is 0 Å². The normalized spacial score (nSPS) is 25.0. The van der Waals surface area contributed by atoms with Gasteiger partial charge in [-0.2, -0.15) is 11.8 Å². The monoisotopic (exact) mass is 348 g/mol. The van der Waals surface area contributed by atoms with Crippen LogP contribution in [-0.4, -0.2) is 64.0 Å². The van der Waals surface area contributed by atoms with Crippen LogP contribution >= 0.6 is 11.8 Å². The van der Waals surface area contributed by atoms with E-state index in [1.807, 2.05) is 29.1 Å². The van der Waals surface area contributed by atoms with Crippen molar-refractivity contribution >= 4 is 17.8 Å². The highest BCUT2D eigenvalue weighted by Gasteiger charge is 2.28. The van der Waals surface area contributed by atoms with E-state index in [1.54, 1.807) is 0 Å². The van der Waals surface area contributed by atoms with Crippen molar-refractivity contribution in [3.63, 3.8) is 0 Å². The summed E-state index contributed by atoms with van der Waals surface area (Å²) in [5.74, 6) is 1.17. The zero-order chi connectivity index (χ0) is 16.8. The summed E-state index contributed by atoms with van der Waals surface area (Å²) in [6.45, 7) is 6.66. The molecule has 2 aliphatic rings. The van der Waals surface area contributed by atoms with E-state index >= 15 is 0 Å². The van der Waals surface area contributed by atoms with Crippen LogP contribution in [0, 0.1) is 0 Å². The molecular formula is C18H28N4OS. The number of hydrogen-bond acceptors (Lipinski definition) is 4. The summed E-state index contributed by atoms with van der Waals surface area (Å²) in [6.07, 6.45) is 7.18. The van der Waals surface area contributed by atoms with E-state index in [0.29, 0.717) is 6.04 Å². The molecule has 0 radical (unpaired) electrons. The molecule has 1 aliphatic carbocycles. The first-order valence-corrected chi connectivity index (χ1v) is 10.1. The minimum Gasteiger partial charge on any atom is -0.335 e. The molecule has 1 saturated heterocycles. The Morgan fingerprint density at radius 3 is 2.71 bits per heavy atom. The number of thioether (sulfide) groups is 1. The third kappa shape index (κ3) is 4.86. The number of carbonyl (C=O) groups is 1. The molecule has 2 amide bonds. The van der Waals surface area contributed by atoms with Gasteiger partial charge >= 0.3 is 6.03 Å². The minimum absolute atomic E-state index is 0.130. The molecule has 5 nitrogen and oxygen atoms in total. The zero-order valence-corrected chi connectivity index (χ0v) is 15.3. The van der Waals surface area contributed by atoms with Gasteiger partial charge in [-0.25, -0.2) is 4.79 Å². The lowest BCUT2D eigenvalue weighted by Crippen LogP contribution is -2.52. The number of carbonyl (C=O) groups excluding carboxylic acids is 1. The van der Waals surface area contributed by atoms with Gasteiger partial charge in [-0.15, -0.1) is 0 Å². The first kappa shape index (κ1) is 17.5. The second-order valence-corrected chi connectivity index (χ2v) is 8.23. The largest absolute Gasteiger partial charge is 0.335 e. The van der Waals surface area contributed by atoms with Gasteiger partial charge in [-0.3, -0.25) is 9.88 Å². The number of amides is 2. The average Bonchev–Trinajstić information content (AvgIpc) is 3.04. The van der Waals surface area contributed by atoms with Gasteiger partial charge in [0.2, 0.25) is 0 Å². The molecule has 2 fully saturated rings. The second-order valence-electron chi connectivity index (χ2n) is 6.66. The van der Waals surface area contributed by atoms with E-state index in [1.165, 1.54) is 17.7 Å². The SMILES string of the molecule is CCS[C@H]1CC[C@H](NC(=O)N2CCN(Cc3ccncc3)CC2)C1. The molecule has 24 heavy (non-hydrogen) atoms. The lowest BCUT2D eigenvalue weighted by molar-refractivity contribution is 0.133. The van der Waals surface area contributed by atoms with E-state index in [-0.39, 0.29) is 6.03 Å². The van der Waals surface area contributed by atoms with E-state index < -0.39 is 0 Å². The Labute approximate surface area is 149 Å². The summed E-state index contributed by atoms with van der Waals surface area (Å²) in [7, 11) is 0. The lowest BCUT2D eigenvalue weighted by atomic mass is 10.2. The molecular weight excluding hydrogens is 320 g/mol. The Balaban J connectivity index is 1.39. The molecule has 1 N–H and O–H groups in total. The molecule has 6 heteroatoms. The van der Waals surface area contributed by atoms with E-state index in [4.69, 9.17) is 0 Å². The second kappa shape index (κ2) is 8.72. The average molecular weight is 349 g/mol. The fraction of sp³-hybridized carbons (Fsp3) is 0.667. The number of hydrogen-bond donors (Lipinski definition) is 1. The highest BCUT2D eigenvalue weighted by molar-refractivity contribution is 7.99. The third-order valence-corrected chi connectivity index (χ3v) is 6.16. The van der Waals surface area contributed by atoms with Crippen molar-refractivity contribution < 1.29 is 4.79 Å². The van der Waals surface area contributed by atoms with Gasteiger partial charge in [0, 0.05) is 56.4 Å². The number of aromatic nitrogens is 1. The molecule has 0 unspecified atom stereocenters. The van der Waals surface area contributed by atoms with Crippen molar-refractivity contribution in [1.29, 1.82) is 0 Å². The summed E-state index contributed by atoms with van der Waals surface area (Å²) >= 11 is 2.03. The maximum atomic E-state index is 12.5. The Morgan fingerprint density at radius 1 is 1.25 bits per heavy atom. The van der Waals surface area contributed by atoms with E-state index in [9.17, 15) is 4.79 Å². The molecule has 2 atom stereocenters. The molecule has 132 valence electrons. The molecule has 1 aliphatic heterocycles. The standard InChI is InChI=1S/C18H28N4OS/c1-2-24-17-4-3-16(13-17)20-18(23)22-11-9-21(10-12-22)14-15-5-7-19-8-6-15/h5-8,16-17H,2-4,9-14H2,1H3,(H,20,23)/t16-,17-/m0/s1. The van der Waals surface area contributed by atoms with Crippen molar-refractivity contribution in [2.24, 2.45) is 0 Å². The van der Waals surface area contributed by atoms with Crippen LogP contribution in [0.1, 0.15) is 31.7 Å². The summed E-state index contributed by atoms with van der Waals surface area (Å²) in [6, 6.07) is 4.62. The van der Waals surface area contributed by atoms with E-state index in [2.05, 4.69) is 34.3 Å². The van der Waals surface area contributed by atoms with E-state index in [0.717, 1.165) is 50.8 Å². The summed E-state index contributed by atoms with van der Waals surface area (Å²) in [4.78, 5) is 20.9. The quantitative estimate of drug-likeness (QED) is 0.888. The van der Waals surface area contributed by atoms with Gasteiger partial charge in [0.15, 0.2) is 0 Å². The van der Waals surface area contributed by atoms with Gasteiger partial charge in [0.25, 0.3) is 0 Å². The summed E-state index contributed by atoms with van der Waals surface area (Å²) in [5, 5.41) is 3.98. The molecule has 0 aromatic carbocycles.